The highest BCUT2D eigenvalue weighted by atomic mass is 16.3. The molecule has 3 amide bonds. The maximum Gasteiger partial charge on any atom is 0.253 e. The molecule has 0 spiro atoms. The van der Waals surface area contributed by atoms with Gasteiger partial charge in [0.05, 0.1) is 18.4 Å². The van der Waals surface area contributed by atoms with Crippen LogP contribution in [0.2, 0.25) is 0 Å². The van der Waals surface area contributed by atoms with E-state index in [4.69, 9.17) is 10.2 Å². The summed E-state index contributed by atoms with van der Waals surface area (Å²) in [6.07, 6.45) is 3.44. The van der Waals surface area contributed by atoms with Crippen LogP contribution in [0.15, 0.2) is 41.0 Å². The Kier molecular flexibility index (Phi) is 12.3. The number of rotatable bonds is 16. The fourth-order valence-corrected chi connectivity index (χ4v) is 4.03. The molecule has 9 heteroatoms. The number of nitrogens with zero attached hydrogens (tertiary/aromatic N) is 1. The number of hydrogen-bond acceptors (Lipinski definition) is 6. The van der Waals surface area contributed by atoms with Crippen LogP contribution in [0.3, 0.4) is 0 Å². The Morgan fingerprint density at radius 2 is 1.70 bits per heavy atom. The molecule has 37 heavy (non-hydrogen) atoms. The molecule has 0 saturated carbocycles. The van der Waals surface area contributed by atoms with Crippen molar-refractivity contribution in [1.82, 2.24) is 15.5 Å². The van der Waals surface area contributed by atoms with E-state index in [0.717, 1.165) is 25.8 Å². The van der Waals surface area contributed by atoms with Crippen LogP contribution in [0.25, 0.3) is 0 Å². The minimum Gasteiger partial charge on any atom is -0.469 e. The zero-order valence-corrected chi connectivity index (χ0v) is 22.5. The van der Waals surface area contributed by atoms with Crippen LogP contribution in [0, 0.1) is 5.92 Å². The number of nitrogens with one attached hydrogen (secondary N) is 2. The van der Waals surface area contributed by atoms with Crippen LogP contribution in [0.1, 0.15) is 83.8 Å². The Labute approximate surface area is 219 Å². The van der Waals surface area contributed by atoms with Gasteiger partial charge in [-0.25, -0.2) is 0 Å². The van der Waals surface area contributed by atoms with Gasteiger partial charge in [-0.3, -0.25) is 14.4 Å². The highest BCUT2D eigenvalue weighted by molar-refractivity contribution is 6.04. The first-order valence-electron chi connectivity index (χ1n) is 13.1. The standard InChI is InChI=1S/C28H42N4O5/c1-5-11-32(12-6-2)28(36)22-15-20(26(29)34)14-21(16-22)27(35)31-24(17-23-8-7-13-37-23)25(33)18-30-10-9-19(3)4/h7-8,13-16,19,24-25,30,33H,5-6,9-12,17-18H2,1-4H3,(H2,29,34)(H,31,35)/t24-,25+/m0/s1. The fourth-order valence-electron chi connectivity index (χ4n) is 4.03. The number of carbonyl (C=O) groups excluding carboxylic acids is 3. The highest BCUT2D eigenvalue weighted by Crippen LogP contribution is 2.15. The number of carbonyl (C=O) groups is 3. The Morgan fingerprint density at radius 1 is 1.05 bits per heavy atom. The van der Waals surface area contributed by atoms with Crippen molar-refractivity contribution in [2.24, 2.45) is 11.7 Å². The monoisotopic (exact) mass is 514 g/mol. The van der Waals surface area contributed by atoms with E-state index in [2.05, 4.69) is 24.5 Å². The fraction of sp³-hybridized carbons (Fsp3) is 0.536. The molecule has 1 aromatic carbocycles. The van der Waals surface area contributed by atoms with Gasteiger partial charge in [0.25, 0.3) is 11.8 Å². The van der Waals surface area contributed by atoms with E-state index in [1.54, 1.807) is 17.0 Å². The normalized spacial score (nSPS) is 12.8. The third-order valence-electron chi connectivity index (χ3n) is 6.04. The van der Waals surface area contributed by atoms with Gasteiger partial charge >= 0.3 is 0 Å². The zero-order chi connectivity index (χ0) is 27.4. The molecule has 0 bridgehead atoms. The van der Waals surface area contributed by atoms with Gasteiger partial charge < -0.3 is 30.8 Å². The molecule has 0 fully saturated rings. The second-order valence-electron chi connectivity index (χ2n) is 9.77. The second-order valence-corrected chi connectivity index (χ2v) is 9.77. The van der Waals surface area contributed by atoms with Crippen molar-refractivity contribution in [2.75, 3.05) is 26.2 Å². The lowest BCUT2D eigenvalue weighted by Gasteiger charge is -2.25. The molecular weight excluding hydrogens is 472 g/mol. The van der Waals surface area contributed by atoms with Crippen molar-refractivity contribution < 1.29 is 23.9 Å². The predicted octanol–water partition coefficient (Wildman–Crippen LogP) is 2.98. The Balaban J connectivity index is 2.28. The van der Waals surface area contributed by atoms with E-state index < -0.39 is 24.0 Å². The Hall–Kier alpha value is -3.17. The molecule has 9 nitrogen and oxygen atoms in total. The van der Waals surface area contributed by atoms with Crippen molar-refractivity contribution in [3.63, 3.8) is 0 Å². The number of nitrogens with two attached hydrogens (primary N) is 1. The van der Waals surface area contributed by atoms with E-state index >= 15 is 0 Å². The number of amides is 3. The molecule has 0 saturated heterocycles. The lowest BCUT2D eigenvalue weighted by atomic mass is 10.0. The van der Waals surface area contributed by atoms with Crippen molar-refractivity contribution >= 4 is 17.7 Å². The maximum atomic E-state index is 13.3. The average Bonchev–Trinajstić information content (AvgIpc) is 3.38. The van der Waals surface area contributed by atoms with Gasteiger partial charge in [0.1, 0.15) is 5.76 Å². The number of benzene rings is 1. The number of furan rings is 1. The van der Waals surface area contributed by atoms with Gasteiger partial charge in [0.2, 0.25) is 5.91 Å². The van der Waals surface area contributed by atoms with Gasteiger partial charge in [0, 0.05) is 42.7 Å². The first kappa shape index (κ1) is 30.1. The molecule has 5 N–H and O–H groups in total. The van der Waals surface area contributed by atoms with Crippen molar-refractivity contribution in [3.8, 4) is 0 Å². The lowest BCUT2D eigenvalue weighted by molar-refractivity contribution is 0.0755. The summed E-state index contributed by atoms with van der Waals surface area (Å²) in [7, 11) is 0. The SMILES string of the molecule is CCCN(CCC)C(=O)c1cc(C(N)=O)cc(C(=O)N[C@@H](Cc2ccco2)[C@H](O)CNCCC(C)C)c1. The molecular formula is C28H42N4O5. The maximum absolute atomic E-state index is 13.3. The van der Waals surface area contributed by atoms with Crippen LogP contribution >= 0.6 is 0 Å². The van der Waals surface area contributed by atoms with Crippen molar-refractivity contribution in [3.05, 3.63) is 59.0 Å². The van der Waals surface area contributed by atoms with E-state index in [1.807, 2.05) is 13.8 Å². The summed E-state index contributed by atoms with van der Waals surface area (Å²) in [5.74, 6) is -0.371. The molecule has 0 aliphatic rings. The third-order valence-corrected chi connectivity index (χ3v) is 6.04. The molecule has 0 aliphatic carbocycles. The first-order valence-corrected chi connectivity index (χ1v) is 13.1. The average molecular weight is 515 g/mol. The van der Waals surface area contributed by atoms with Gasteiger partial charge in [-0.15, -0.1) is 0 Å². The summed E-state index contributed by atoms with van der Waals surface area (Å²) in [6, 6.07) is 7.12. The minimum absolute atomic E-state index is 0.0717. The molecule has 1 aromatic heterocycles. The quantitative estimate of drug-likeness (QED) is 0.254. The lowest BCUT2D eigenvalue weighted by Crippen LogP contribution is -2.49. The molecule has 2 atom stereocenters. The summed E-state index contributed by atoms with van der Waals surface area (Å²) < 4.78 is 5.44. The minimum atomic E-state index is -0.897. The van der Waals surface area contributed by atoms with Crippen LogP contribution < -0.4 is 16.4 Å². The van der Waals surface area contributed by atoms with Crippen LogP contribution in [-0.4, -0.2) is 66.1 Å². The van der Waals surface area contributed by atoms with E-state index in [-0.39, 0.29) is 35.6 Å². The van der Waals surface area contributed by atoms with Gasteiger partial charge in [-0.1, -0.05) is 27.7 Å². The molecule has 1 heterocycles. The number of hydrogen-bond donors (Lipinski definition) is 4. The summed E-state index contributed by atoms with van der Waals surface area (Å²) in [5, 5.41) is 17.0. The van der Waals surface area contributed by atoms with Crippen molar-refractivity contribution in [2.45, 2.75) is 65.5 Å². The molecule has 0 aliphatic heterocycles. The topological polar surface area (TPSA) is 138 Å². The van der Waals surface area contributed by atoms with Gasteiger partial charge in [-0.05, 0) is 62.1 Å². The Bertz CT molecular complexity index is 1000. The van der Waals surface area contributed by atoms with Crippen LogP contribution in [0.5, 0.6) is 0 Å². The van der Waals surface area contributed by atoms with Crippen LogP contribution in [0.4, 0.5) is 0 Å². The van der Waals surface area contributed by atoms with E-state index in [1.165, 1.54) is 24.5 Å². The number of aliphatic hydroxyl groups excluding tert-OH is 1. The summed E-state index contributed by atoms with van der Waals surface area (Å²) in [6.45, 7) is 10.4. The smallest absolute Gasteiger partial charge is 0.253 e. The molecule has 2 aromatic rings. The van der Waals surface area contributed by atoms with Gasteiger partial charge in [-0.2, -0.15) is 0 Å². The second kappa shape index (κ2) is 15.2. The third kappa shape index (κ3) is 9.66. The molecule has 0 unspecified atom stereocenters. The van der Waals surface area contributed by atoms with Crippen molar-refractivity contribution in [1.29, 1.82) is 0 Å². The van der Waals surface area contributed by atoms with Gasteiger partial charge in [0.15, 0.2) is 0 Å². The summed E-state index contributed by atoms with van der Waals surface area (Å²) in [5.41, 5.74) is 5.94. The zero-order valence-electron chi connectivity index (χ0n) is 22.5. The molecule has 204 valence electrons. The van der Waals surface area contributed by atoms with E-state index in [0.29, 0.717) is 24.8 Å². The Morgan fingerprint density at radius 3 is 2.27 bits per heavy atom. The summed E-state index contributed by atoms with van der Waals surface area (Å²) in [4.78, 5) is 40.2. The highest BCUT2D eigenvalue weighted by Gasteiger charge is 2.25. The largest absolute Gasteiger partial charge is 0.469 e. The molecule has 2 rings (SSSR count). The number of aliphatic hydroxyl groups is 1. The summed E-state index contributed by atoms with van der Waals surface area (Å²) >= 11 is 0. The van der Waals surface area contributed by atoms with E-state index in [9.17, 15) is 19.5 Å². The predicted molar refractivity (Wildman–Crippen MR) is 143 cm³/mol. The number of primary amides is 1. The first-order chi connectivity index (χ1) is 17.7. The van der Waals surface area contributed by atoms with Crippen LogP contribution in [-0.2, 0) is 6.42 Å². The molecule has 0 radical (unpaired) electrons.